The lowest BCUT2D eigenvalue weighted by molar-refractivity contribution is 0.419. The highest BCUT2D eigenvalue weighted by molar-refractivity contribution is 5.66. The lowest BCUT2D eigenvalue weighted by atomic mass is 10.3. The Morgan fingerprint density at radius 3 is 2.67 bits per heavy atom. The first-order chi connectivity index (χ1) is 10.1. The highest BCUT2D eigenvalue weighted by Gasteiger charge is 2.13. The van der Waals surface area contributed by atoms with Gasteiger partial charge in [-0.15, -0.1) is 0 Å². The van der Waals surface area contributed by atoms with Crippen LogP contribution in [-0.2, 0) is 6.54 Å². The minimum Gasteiger partial charge on any atom is -0.293 e. The van der Waals surface area contributed by atoms with E-state index < -0.39 is 0 Å². The van der Waals surface area contributed by atoms with Crippen molar-refractivity contribution >= 4 is 11.2 Å². The van der Waals surface area contributed by atoms with E-state index in [1.54, 1.807) is 4.57 Å². The van der Waals surface area contributed by atoms with Crippen LogP contribution in [0.4, 0.5) is 0 Å². The molecule has 0 N–H and O–H groups in total. The first-order valence-electron chi connectivity index (χ1n) is 6.75. The zero-order chi connectivity index (χ0) is 15.0. The van der Waals surface area contributed by atoms with Gasteiger partial charge in [0, 0.05) is 18.1 Å². The maximum atomic E-state index is 12.4. The van der Waals surface area contributed by atoms with Crippen LogP contribution in [0.1, 0.15) is 24.4 Å². The third-order valence-corrected chi connectivity index (χ3v) is 3.44. The molecule has 0 bridgehead atoms. The average molecular weight is 284 g/mol. The van der Waals surface area contributed by atoms with Gasteiger partial charge in [0.05, 0.1) is 18.3 Å². The van der Waals surface area contributed by atoms with E-state index in [0.29, 0.717) is 17.7 Å². The second kappa shape index (κ2) is 5.08. The summed E-state index contributed by atoms with van der Waals surface area (Å²) in [5.74, 6) is 0. The number of hydrogen-bond donors (Lipinski definition) is 0. The average Bonchev–Trinajstić information content (AvgIpc) is 2.77. The molecular formula is C14H16N6O. The number of aryl methyl sites for hydroxylation is 2. The summed E-state index contributed by atoms with van der Waals surface area (Å²) >= 11 is 0. The molecule has 0 saturated heterocycles. The van der Waals surface area contributed by atoms with Crippen LogP contribution in [0.15, 0.2) is 29.6 Å². The van der Waals surface area contributed by atoms with Gasteiger partial charge in [0.15, 0.2) is 11.2 Å². The molecule has 0 fully saturated rings. The first kappa shape index (κ1) is 13.4. The Hall–Kier alpha value is -2.57. The Labute approximate surface area is 121 Å². The van der Waals surface area contributed by atoms with Crippen LogP contribution in [0.5, 0.6) is 0 Å². The maximum absolute atomic E-state index is 12.4. The fourth-order valence-corrected chi connectivity index (χ4v) is 2.38. The summed E-state index contributed by atoms with van der Waals surface area (Å²) in [5, 5.41) is 4.42. The first-order valence-corrected chi connectivity index (χ1v) is 6.75. The van der Waals surface area contributed by atoms with E-state index in [1.165, 1.54) is 18.7 Å². The molecule has 7 nitrogen and oxygen atoms in total. The van der Waals surface area contributed by atoms with E-state index in [1.807, 2.05) is 31.5 Å². The van der Waals surface area contributed by atoms with Gasteiger partial charge in [-0.2, -0.15) is 5.10 Å². The van der Waals surface area contributed by atoms with E-state index in [0.717, 1.165) is 11.4 Å². The van der Waals surface area contributed by atoms with E-state index in [9.17, 15) is 4.79 Å². The van der Waals surface area contributed by atoms with Crippen molar-refractivity contribution in [2.24, 2.45) is 0 Å². The summed E-state index contributed by atoms with van der Waals surface area (Å²) in [7, 11) is 0. The molecule has 1 unspecified atom stereocenters. The van der Waals surface area contributed by atoms with Gasteiger partial charge >= 0.3 is 0 Å². The third kappa shape index (κ3) is 2.42. The zero-order valence-electron chi connectivity index (χ0n) is 12.2. The number of hydrogen-bond acceptors (Lipinski definition) is 5. The van der Waals surface area contributed by atoms with Gasteiger partial charge in [0.2, 0.25) is 0 Å². The number of rotatable bonds is 3. The Bertz CT molecular complexity index is 850. The third-order valence-electron chi connectivity index (χ3n) is 3.44. The minimum atomic E-state index is -0.179. The standard InChI is InChI=1S/C14H16N6O/c1-9-6-10(2)20(18-9)7-11(3)19-8-17-13-12(14(19)21)15-4-5-16-13/h4-6,8,11H,7H2,1-3H3. The molecule has 0 amide bonds. The van der Waals surface area contributed by atoms with E-state index in [2.05, 4.69) is 20.1 Å². The quantitative estimate of drug-likeness (QED) is 0.723. The summed E-state index contributed by atoms with van der Waals surface area (Å²) in [4.78, 5) is 24.7. The Morgan fingerprint density at radius 2 is 1.95 bits per heavy atom. The summed E-state index contributed by atoms with van der Waals surface area (Å²) in [5.41, 5.74) is 2.52. The molecule has 21 heavy (non-hydrogen) atoms. The van der Waals surface area contributed by atoms with Crippen LogP contribution < -0.4 is 5.56 Å². The van der Waals surface area contributed by atoms with E-state index in [-0.39, 0.29) is 11.6 Å². The van der Waals surface area contributed by atoms with Gasteiger partial charge in [-0.25, -0.2) is 15.0 Å². The SMILES string of the molecule is Cc1cc(C)n(CC(C)n2cnc3nccnc3c2=O)n1. The van der Waals surface area contributed by atoms with Crippen molar-refractivity contribution in [1.82, 2.24) is 29.3 Å². The number of nitrogens with zero attached hydrogens (tertiary/aromatic N) is 6. The minimum absolute atomic E-state index is 0.0746. The van der Waals surface area contributed by atoms with Crippen LogP contribution in [0.3, 0.4) is 0 Å². The monoisotopic (exact) mass is 284 g/mol. The zero-order valence-corrected chi connectivity index (χ0v) is 12.2. The smallest absolute Gasteiger partial charge is 0.281 e. The molecule has 1 atom stereocenters. The molecule has 0 saturated carbocycles. The summed E-state index contributed by atoms with van der Waals surface area (Å²) in [6.07, 6.45) is 4.55. The fraction of sp³-hybridized carbons (Fsp3) is 0.357. The second-order valence-corrected chi connectivity index (χ2v) is 5.14. The van der Waals surface area contributed by atoms with Gasteiger partial charge in [0.1, 0.15) is 6.33 Å². The normalized spacial score (nSPS) is 12.7. The molecule has 3 rings (SSSR count). The van der Waals surface area contributed by atoms with Crippen LogP contribution in [0.25, 0.3) is 11.2 Å². The van der Waals surface area contributed by atoms with Crippen LogP contribution in [0.2, 0.25) is 0 Å². The molecule has 7 heteroatoms. The molecule has 0 aliphatic carbocycles. The largest absolute Gasteiger partial charge is 0.293 e. The molecule has 0 aliphatic rings. The molecule has 3 aromatic rings. The second-order valence-electron chi connectivity index (χ2n) is 5.14. The van der Waals surface area contributed by atoms with Crippen LogP contribution >= 0.6 is 0 Å². The van der Waals surface area contributed by atoms with E-state index in [4.69, 9.17) is 0 Å². The lowest BCUT2D eigenvalue weighted by Gasteiger charge is -2.15. The molecule has 3 heterocycles. The summed E-state index contributed by atoms with van der Waals surface area (Å²) < 4.78 is 3.47. The molecular weight excluding hydrogens is 268 g/mol. The van der Waals surface area contributed by atoms with Gasteiger partial charge in [0.25, 0.3) is 5.56 Å². The predicted molar refractivity (Wildman–Crippen MR) is 78.0 cm³/mol. The molecule has 0 radical (unpaired) electrons. The molecule has 0 aromatic carbocycles. The summed E-state index contributed by atoms with van der Waals surface area (Å²) in [6, 6.07) is 1.94. The van der Waals surface area contributed by atoms with Gasteiger partial charge in [-0.05, 0) is 26.8 Å². The molecule has 108 valence electrons. The van der Waals surface area contributed by atoms with Crippen molar-refractivity contribution in [1.29, 1.82) is 0 Å². The van der Waals surface area contributed by atoms with Crippen LogP contribution in [-0.4, -0.2) is 29.3 Å². The number of aromatic nitrogens is 6. The van der Waals surface area contributed by atoms with Crippen molar-refractivity contribution in [2.75, 3.05) is 0 Å². The van der Waals surface area contributed by atoms with Gasteiger partial charge in [-0.3, -0.25) is 14.0 Å². The van der Waals surface area contributed by atoms with Crippen molar-refractivity contribution in [3.63, 3.8) is 0 Å². The topological polar surface area (TPSA) is 78.5 Å². The lowest BCUT2D eigenvalue weighted by Crippen LogP contribution is -2.27. The van der Waals surface area contributed by atoms with E-state index >= 15 is 0 Å². The molecule has 0 aliphatic heterocycles. The van der Waals surface area contributed by atoms with Crippen molar-refractivity contribution in [3.8, 4) is 0 Å². The maximum Gasteiger partial charge on any atom is 0.281 e. The fourth-order valence-electron chi connectivity index (χ4n) is 2.38. The molecule has 0 spiro atoms. The number of fused-ring (bicyclic) bond motifs is 1. The highest BCUT2D eigenvalue weighted by Crippen LogP contribution is 2.10. The Morgan fingerprint density at radius 1 is 1.19 bits per heavy atom. The van der Waals surface area contributed by atoms with Crippen LogP contribution in [0, 0.1) is 13.8 Å². The van der Waals surface area contributed by atoms with Crippen molar-refractivity contribution in [3.05, 3.63) is 46.5 Å². The Balaban J connectivity index is 1.98. The molecule has 3 aromatic heterocycles. The Kier molecular flexibility index (Phi) is 3.25. The van der Waals surface area contributed by atoms with Gasteiger partial charge in [-0.1, -0.05) is 0 Å². The summed E-state index contributed by atoms with van der Waals surface area (Å²) in [6.45, 7) is 6.52. The predicted octanol–water partition coefficient (Wildman–Crippen LogP) is 1.26. The van der Waals surface area contributed by atoms with Crippen molar-refractivity contribution < 1.29 is 0 Å². The van der Waals surface area contributed by atoms with Crippen molar-refractivity contribution in [2.45, 2.75) is 33.4 Å². The highest BCUT2D eigenvalue weighted by atomic mass is 16.1. The van der Waals surface area contributed by atoms with Gasteiger partial charge < -0.3 is 0 Å².